The van der Waals surface area contributed by atoms with Crippen LogP contribution >= 0.6 is 50.8 Å². The highest BCUT2D eigenvalue weighted by molar-refractivity contribution is 9.10. The molecular weight excluding hydrogens is 382 g/mol. The molecule has 2 aromatic rings. The SMILES string of the molecule is Cc1sc(C2CSC(C)C(C)S2)nc1-c1ccc(Br)cc1. The molecule has 1 aromatic heterocycles. The molecule has 5 heteroatoms. The quantitative estimate of drug-likeness (QED) is 0.598. The van der Waals surface area contributed by atoms with E-state index in [0.29, 0.717) is 10.5 Å². The number of benzene rings is 1. The summed E-state index contributed by atoms with van der Waals surface area (Å²) in [5, 5.41) is 3.29. The molecule has 21 heavy (non-hydrogen) atoms. The van der Waals surface area contributed by atoms with Crippen molar-refractivity contribution in [1.82, 2.24) is 4.98 Å². The maximum Gasteiger partial charge on any atom is 0.107 e. The van der Waals surface area contributed by atoms with Crippen molar-refractivity contribution in [2.45, 2.75) is 36.5 Å². The first kappa shape index (κ1) is 15.9. The van der Waals surface area contributed by atoms with Crippen molar-refractivity contribution in [3.63, 3.8) is 0 Å². The fraction of sp³-hybridized carbons (Fsp3) is 0.438. The van der Waals surface area contributed by atoms with Crippen LogP contribution in [0.3, 0.4) is 0 Å². The summed E-state index contributed by atoms with van der Waals surface area (Å²) in [4.78, 5) is 6.29. The van der Waals surface area contributed by atoms with Gasteiger partial charge in [0, 0.05) is 31.2 Å². The van der Waals surface area contributed by atoms with E-state index in [1.54, 1.807) is 0 Å². The summed E-state index contributed by atoms with van der Waals surface area (Å²) in [5.74, 6) is 1.18. The van der Waals surface area contributed by atoms with Crippen molar-refractivity contribution in [3.05, 3.63) is 38.6 Å². The summed E-state index contributed by atoms with van der Waals surface area (Å²) < 4.78 is 1.11. The normalized spacial score (nSPS) is 26.0. The van der Waals surface area contributed by atoms with Crippen LogP contribution in [0.1, 0.15) is 29.0 Å². The van der Waals surface area contributed by atoms with Gasteiger partial charge < -0.3 is 0 Å². The fourth-order valence-corrected chi connectivity index (χ4v) is 6.74. The van der Waals surface area contributed by atoms with Crippen molar-refractivity contribution in [2.24, 2.45) is 0 Å². The third-order valence-electron chi connectivity index (χ3n) is 3.76. The highest BCUT2D eigenvalue weighted by Crippen LogP contribution is 2.46. The minimum absolute atomic E-state index is 0.550. The molecule has 0 saturated carbocycles. The molecule has 0 amide bonds. The molecule has 1 aliphatic rings. The predicted molar refractivity (Wildman–Crippen MR) is 102 cm³/mol. The third-order valence-corrected chi connectivity index (χ3v) is 8.92. The van der Waals surface area contributed by atoms with Gasteiger partial charge in [0.15, 0.2) is 0 Å². The maximum atomic E-state index is 4.96. The Kier molecular flexibility index (Phi) is 5.04. The molecule has 2 heterocycles. The van der Waals surface area contributed by atoms with Crippen molar-refractivity contribution >= 4 is 50.8 Å². The van der Waals surface area contributed by atoms with E-state index in [1.807, 2.05) is 11.3 Å². The average Bonchev–Trinajstić information content (AvgIpc) is 2.85. The highest BCUT2D eigenvalue weighted by Gasteiger charge is 2.29. The van der Waals surface area contributed by atoms with Crippen LogP contribution in [-0.4, -0.2) is 21.2 Å². The minimum Gasteiger partial charge on any atom is -0.240 e. The summed E-state index contributed by atoms with van der Waals surface area (Å²) in [6, 6.07) is 8.46. The topological polar surface area (TPSA) is 12.9 Å². The van der Waals surface area contributed by atoms with Gasteiger partial charge in [0.2, 0.25) is 0 Å². The molecule has 3 atom stereocenters. The van der Waals surface area contributed by atoms with Crippen LogP contribution in [0.25, 0.3) is 11.3 Å². The van der Waals surface area contributed by atoms with Gasteiger partial charge in [0.1, 0.15) is 5.01 Å². The molecule has 1 aromatic carbocycles. The Morgan fingerprint density at radius 3 is 2.52 bits per heavy atom. The second-order valence-electron chi connectivity index (χ2n) is 5.33. The third kappa shape index (κ3) is 3.52. The molecule has 0 spiro atoms. The van der Waals surface area contributed by atoms with Gasteiger partial charge >= 0.3 is 0 Å². The minimum atomic E-state index is 0.550. The van der Waals surface area contributed by atoms with Crippen LogP contribution in [0, 0.1) is 6.92 Å². The van der Waals surface area contributed by atoms with Crippen molar-refractivity contribution < 1.29 is 0 Å². The number of hydrogen-bond acceptors (Lipinski definition) is 4. The van der Waals surface area contributed by atoms with Crippen molar-refractivity contribution in [2.75, 3.05) is 5.75 Å². The van der Waals surface area contributed by atoms with E-state index in [1.165, 1.54) is 21.2 Å². The molecule has 1 nitrogen and oxygen atoms in total. The van der Waals surface area contributed by atoms with E-state index in [2.05, 4.69) is 84.5 Å². The highest BCUT2D eigenvalue weighted by atomic mass is 79.9. The van der Waals surface area contributed by atoms with E-state index in [-0.39, 0.29) is 0 Å². The number of thiazole rings is 1. The number of nitrogens with zero attached hydrogens (tertiary/aromatic N) is 1. The zero-order valence-corrected chi connectivity index (χ0v) is 16.3. The number of aromatic nitrogens is 1. The van der Waals surface area contributed by atoms with Gasteiger partial charge in [0.05, 0.1) is 10.9 Å². The Balaban J connectivity index is 1.86. The van der Waals surface area contributed by atoms with Gasteiger partial charge in [0.25, 0.3) is 0 Å². The monoisotopic (exact) mass is 399 g/mol. The molecule has 0 aliphatic carbocycles. The zero-order valence-electron chi connectivity index (χ0n) is 12.3. The standard InChI is InChI=1S/C16H18BrNS3/c1-9-10(2)20-14(8-19-9)16-18-15(11(3)21-16)12-4-6-13(17)7-5-12/h4-7,9-10,14H,8H2,1-3H3. The summed E-state index contributed by atoms with van der Waals surface area (Å²) >= 11 is 9.53. The van der Waals surface area contributed by atoms with Gasteiger partial charge in [-0.15, -0.1) is 23.1 Å². The van der Waals surface area contributed by atoms with E-state index >= 15 is 0 Å². The Labute approximate surface area is 147 Å². The first-order valence-electron chi connectivity index (χ1n) is 7.05. The molecular formula is C16H18BrNS3. The smallest absolute Gasteiger partial charge is 0.107 e. The molecule has 3 rings (SSSR count). The molecule has 0 radical (unpaired) electrons. The Hall–Kier alpha value is 0.0300. The van der Waals surface area contributed by atoms with E-state index in [9.17, 15) is 0 Å². The number of halogens is 1. The first-order chi connectivity index (χ1) is 10.0. The van der Waals surface area contributed by atoms with Gasteiger partial charge in [-0.05, 0) is 19.1 Å². The van der Waals surface area contributed by atoms with Gasteiger partial charge in [-0.1, -0.05) is 41.9 Å². The van der Waals surface area contributed by atoms with Gasteiger partial charge in [-0.3, -0.25) is 0 Å². The van der Waals surface area contributed by atoms with Gasteiger partial charge in [-0.2, -0.15) is 11.8 Å². The van der Waals surface area contributed by atoms with Crippen LogP contribution in [0.5, 0.6) is 0 Å². The average molecular weight is 400 g/mol. The van der Waals surface area contributed by atoms with Crippen molar-refractivity contribution in [3.8, 4) is 11.3 Å². The Morgan fingerprint density at radius 2 is 1.86 bits per heavy atom. The molecule has 1 aliphatic heterocycles. The lowest BCUT2D eigenvalue weighted by molar-refractivity contribution is 0.891. The van der Waals surface area contributed by atoms with Gasteiger partial charge in [-0.25, -0.2) is 4.98 Å². The predicted octanol–water partition coefficient (Wildman–Crippen LogP) is 6.18. The first-order valence-corrected chi connectivity index (χ1v) is 10.6. The summed E-state index contributed by atoms with van der Waals surface area (Å²) in [7, 11) is 0. The molecule has 112 valence electrons. The lowest BCUT2D eigenvalue weighted by Gasteiger charge is -2.30. The van der Waals surface area contributed by atoms with Crippen LogP contribution in [-0.2, 0) is 0 Å². The second-order valence-corrected chi connectivity index (χ2v) is 10.5. The maximum absolute atomic E-state index is 4.96. The lowest BCUT2D eigenvalue weighted by atomic mass is 10.1. The summed E-state index contributed by atoms with van der Waals surface area (Å²) in [5.41, 5.74) is 2.37. The molecule has 3 unspecified atom stereocenters. The summed E-state index contributed by atoms with van der Waals surface area (Å²) in [6.07, 6.45) is 0. The van der Waals surface area contributed by atoms with Crippen LogP contribution in [0.2, 0.25) is 0 Å². The van der Waals surface area contributed by atoms with Crippen LogP contribution in [0.4, 0.5) is 0 Å². The van der Waals surface area contributed by atoms with Crippen LogP contribution < -0.4 is 0 Å². The molecule has 0 N–H and O–H groups in total. The number of hydrogen-bond donors (Lipinski definition) is 0. The van der Waals surface area contributed by atoms with Crippen LogP contribution in [0.15, 0.2) is 28.7 Å². The zero-order chi connectivity index (χ0) is 15.0. The molecule has 1 saturated heterocycles. The second kappa shape index (κ2) is 6.65. The van der Waals surface area contributed by atoms with E-state index < -0.39 is 0 Å². The Bertz CT molecular complexity index is 623. The number of aryl methyl sites for hydroxylation is 1. The van der Waals surface area contributed by atoms with E-state index in [4.69, 9.17) is 4.98 Å². The van der Waals surface area contributed by atoms with E-state index in [0.717, 1.165) is 15.4 Å². The largest absolute Gasteiger partial charge is 0.240 e. The molecule has 1 fully saturated rings. The molecule has 0 bridgehead atoms. The number of thioether (sulfide) groups is 2. The fourth-order valence-electron chi connectivity index (χ4n) is 2.34. The number of rotatable bonds is 2. The van der Waals surface area contributed by atoms with Crippen molar-refractivity contribution in [1.29, 1.82) is 0 Å². The summed E-state index contributed by atoms with van der Waals surface area (Å²) in [6.45, 7) is 6.86. The lowest BCUT2D eigenvalue weighted by Crippen LogP contribution is -2.21. The Morgan fingerprint density at radius 1 is 1.14 bits per heavy atom.